The Morgan fingerprint density at radius 1 is 1.10 bits per heavy atom. The molecule has 7 heteroatoms. The molecule has 0 aliphatic carbocycles. The SMILES string of the molecule is CC(C)N=C1S/C(=C/c2ccc(OCc3ccc(Cl)cc3Cl)cc2)C(=O)N1C(C)C. The molecule has 1 aliphatic rings. The zero-order valence-corrected chi connectivity index (χ0v) is 19.7. The van der Waals surface area contributed by atoms with E-state index in [9.17, 15) is 4.79 Å². The molecule has 0 unspecified atom stereocenters. The highest BCUT2D eigenvalue weighted by Gasteiger charge is 2.35. The number of nitrogens with zero attached hydrogens (tertiary/aromatic N) is 2. The van der Waals surface area contributed by atoms with Crippen molar-refractivity contribution in [2.45, 2.75) is 46.4 Å². The summed E-state index contributed by atoms with van der Waals surface area (Å²) >= 11 is 13.5. The zero-order chi connectivity index (χ0) is 21.8. The van der Waals surface area contributed by atoms with Crippen LogP contribution in [0.1, 0.15) is 38.8 Å². The Hall–Kier alpha value is -1.95. The number of amides is 1. The number of carbonyl (C=O) groups is 1. The average molecular weight is 463 g/mol. The summed E-state index contributed by atoms with van der Waals surface area (Å²) in [5.41, 5.74) is 1.79. The Labute approximate surface area is 191 Å². The van der Waals surface area contributed by atoms with Gasteiger partial charge in [0.05, 0.1) is 4.91 Å². The molecule has 0 saturated carbocycles. The largest absolute Gasteiger partial charge is 0.489 e. The van der Waals surface area contributed by atoms with Gasteiger partial charge in [0.1, 0.15) is 12.4 Å². The molecule has 1 heterocycles. The van der Waals surface area contributed by atoms with Gasteiger partial charge in [-0.3, -0.25) is 14.7 Å². The predicted octanol–water partition coefficient (Wildman–Crippen LogP) is 6.66. The van der Waals surface area contributed by atoms with Crippen molar-refractivity contribution in [3.05, 3.63) is 68.5 Å². The topological polar surface area (TPSA) is 41.9 Å². The van der Waals surface area contributed by atoms with Crippen molar-refractivity contribution in [1.82, 2.24) is 4.90 Å². The fraction of sp³-hybridized carbons (Fsp3) is 0.304. The van der Waals surface area contributed by atoms with Gasteiger partial charge in [-0.1, -0.05) is 41.4 Å². The Morgan fingerprint density at radius 3 is 2.40 bits per heavy atom. The number of benzene rings is 2. The van der Waals surface area contributed by atoms with Crippen molar-refractivity contribution in [2.75, 3.05) is 0 Å². The molecule has 0 bridgehead atoms. The average Bonchev–Trinajstić information content (AvgIpc) is 2.96. The second kappa shape index (κ2) is 9.90. The van der Waals surface area contributed by atoms with E-state index in [0.717, 1.165) is 22.0 Å². The molecule has 1 aliphatic heterocycles. The maximum atomic E-state index is 12.8. The van der Waals surface area contributed by atoms with E-state index in [-0.39, 0.29) is 18.0 Å². The minimum Gasteiger partial charge on any atom is -0.489 e. The molecule has 1 amide bonds. The molecular formula is C23H24Cl2N2O2S. The molecule has 0 aromatic heterocycles. The summed E-state index contributed by atoms with van der Waals surface area (Å²) in [6, 6.07) is 13.1. The van der Waals surface area contributed by atoms with Crippen LogP contribution < -0.4 is 4.74 Å². The molecule has 1 fully saturated rings. The van der Waals surface area contributed by atoms with Crippen LogP contribution in [0.25, 0.3) is 6.08 Å². The smallest absolute Gasteiger partial charge is 0.266 e. The van der Waals surface area contributed by atoms with Crippen molar-refractivity contribution >= 4 is 52.1 Å². The highest BCUT2D eigenvalue weighted by molar-refractivity contribution is 8.18. The van der Waals surface area contributed by atoms with E-state index in [1.807, 2.05) is 64.1 Å². The molecule has 0 radical (unpaired) electrons. The summed E-state index contributed by atoms with van der Waals surface area (Å²) in [6.07, 6.45) is 1.89. The fourth-order valence-corrected chi connectivity index (χ4v) is 4.56. The van der Waals surface area contributed by atoms with E-state index in [0.29, 0.717) is 21.6 Å². The molecule has 0 atom stereocenters. The number of rotatable bonds is 6. The number of halogens is 2. The van der Waals surface area contributed by atoms with Gasteiger partial charge in [0.2, 0.25) is 0 Å². The predicted molar refractivity (Wildman–Crippen MR) is 127 cm³/mol. The number of hydrogen-bond acceptors (Lipinski definition) is 4. The van der Waals surface area contributed by atoms with E-state index >= 15 is 0 Å². The second-order valence-corrected chi connectivity index (χ2v) is 9.33. The quantitative estimate of drug-likeness (QED) is 0.450. The van der Waals surface area contributed by atoms with Gasteiger partial charge in [-0.15, -0.1) is 0 Å². The van der Waals surface area contributed by atoms with Gasteiger partial charge >= 0.3 is 0 Å². The Bertz CT molecular complexity index is 985. The maximum absolute atomic E-state index is 12.8. The summed E-state index contributed by atoms with van der Waals surface area (Å²) < 4.78 is 5.82. The highest BCUT2D eigenvalue weighted by atomic mass is 35.5. The van der Waals surface area contributed by atoms with E-state index < -0.39 is 0 Å². The summed E-state index contributed by atoms with van der Waals surface area (Å²) in [5, 5.41) is 1.93. The Balaban J connectivity index is 1.71. The molecule has 158 valence electrons. The summed E-state index contributed by atoms with van der Waals surface area (Å²) in [7, 11) is 0. The number of amidine groups is 1. The van der Waals surface area contributed by atoms with Gasteiger partial charge in [-0.05, 0) is 75.4 Å². The lowest BCUT2D eigenvalue weighted by molar-refractivity contribution is -0.123. The van der Waals surface area contributed by atoms with Crippen LogP contribution in [-0.4, -0.2) is 28.1 Å². The van der Waals surface area contributed by atoms with Gasteiger partial charge in [0.15, 0.2) is 5.17 Å². The molecule has 4 nitrogen and oxygen atoms in total. The number of aliphatic imine (C=N–C) groups is 1. The Morgan fingerprint density at radius 2 is 1.80 bits per heavy atom. The molecule has 0 spiro atoms. The van der Waals surface area contributed by atoms with E-state index in [1.54, 1.807) is 17.0 Å². The first-order valence-electron chi connectivity index (χ1n) is 9.72. The molecule has 30 heavy (non-hydrogen) atoms. The lowest BCUT2D eigenvalue weighted by atomic mass is 10.2. The highest BCUT2D eigenvalue weighted by Crippen LogP contribution is 2.34. The van der Waals surface area contributed by atoms with E-state index in [2.05, 4.69) is 4.99 Å². The van der Waals surface area contributed by atoms with Crippen LogP contribution in [-0.2, 0) is 11.4 Å². The molecular weight excluding hydrogens is 439 g/mol. The van der Waals surface area contributed by atoms with Gasteiger partial charge in [0, 0.05) is 27.7 Å². The minimum absolute atomic E-state index is 0.00731. The lowest BCUT2D eigenvalue weighted by Crippen LogP contribution is -2.35. The Kier molecular flexibility index (Phi) is 7.50. The van der Waals surface area contributed by atoms with Crippen molar-refractivity contribution < 1.29 is 9.53 Å². The second-order valence-electron chi connectivity index (χ2n) is 7.48. The normalized spacial score (nSPS) is 17.1. The molecule has 2 aromatic carbocycles. The van der Waals surface area contributed by atoms with Crippen LogP contribution in [0.5, 0.6) is 5.75 Å². The van der Waals surface area contributed by atoms with E-state index in [4.69, 9.17) is 27.9 Å². The van der Waals surface area contributed by atoms with Crippen molar-refractivity contribution in [2.24, 2.45) is 4.99 Å². The monoisotopic (exact) mass is 462 g/mol. The van der Waals surface area contributed by atoms with Gasteiger partial charge in [-0.25, -0.2) is 0 Å². The lowest BCUT2D eigenvalue weighted by Gasteiger charge is -2.20. The number of hydrogen-bond donors (Lipinski definition) is 0. The van der Waals surface area contributed by atoms with Crippen LogP contribution in [0.2, 0.25) is 10.0 Å². The van der Waals surface area contributed by atoms with Gasteiger partial charge < -0.3 is 4.74 Å². The summed E-state index contributed by atoms with van der Waals surface area (Å²) in [4.78, 5) is 19.9. The van der Waals surface area contributed by atoms with E-state index in [1.165, 1.54) is 11.8 Å². The third-order valence-electron chi connectivity index (χ3n) is 4.31. The maximum Gasteiger partial charge on any atom is 0.266 e. The third kappa shape index (κ3) is 5.60. The van der Waals surface area contributed by atoms with Gasteiger partial charge in [0.25, 0.3) is 5.91 Å². The first-order chi connectivity index (χ1) is 14.2. The van der Waals surface area contributed by atoms with Crippen LogP contribution in [0.3, 0.4) is 0 Å². The fourth-order valence-electron chi connectivity index (χ4n) is 2.86. The number of ether oxygens (including phenoxy) is 1. The molecule has 1 saturated heterocycles. The van der Waals surface area contributed by atoms with Crippen molar-refractivity contribution in [1.29, 1.82) is 0 Å². The third-order valence-corrected chi connectivity index (χ3v) is 5.89. The number of carbonyl (C=O) groups excluding carboxylic acids is 1. The van der Waals surface area contributed by atoms with Crippen molar-refractivity contribution in [3.63, 3.8) is 0 Å². The summed E-state index contributed by atoms with van der Waals surface area (Å²) in [6.45, 7) is 8.36. The van der Waals surface area contributed by atoms with Crippen molar-refractivity contribution in [3.8, 4) is 5.75 Å². The summed E-state index contributed by atoms with van der Waals surface area (Å²) in [5.74, 6) is 0.714. The van der Waals surface area contributed by atoms with Gasteiger partial charge in [-0.2, -0.15) is 0 Å². The van der Waals surface area contributed by atoms with Crippen LogP contribution in [0.15, 0.2) is 52.4 Å². The van der Waals surface area contributed by atoms with Crippen LogP contribution in [0, 0.1) is 0 Å². The first kappa shape index (κ1) is 22.7. The van der Waals surface area contributed by atoms with Crippen LogP contribution >= 0.6 is 35.0 Å². The zero-order valence-electron chi connectivity index (χ0n) is 17.4. The molecule has 0 N–H and O–H groups in total. The number of thioether (sulfide) groups is 1. The minimum atomic E-state index is -0.00731. The molecule has 2 aromatic rings. The van der Waals surface area contributed by atoms with Crippen LogP contribution in [0.4, 0.5) is 0 Å². The first-order valence-corrected chi connectivity index (χ1v) is 11.3. The molecule has 3 rings (SSSR count). The standard InChI is InChI=1S/C23H24Cl2N2O2S/c1-14(2)26-23-27(15(3)4)22(28)21(30-23)11-16-5-9-19(10-6-16)29-13-17-7-8-18(24)12-20(17)25/h5-12,14-15H,13H2,1-4H3/b21-11+,26-23?.